The molecule has 0 saturated carbocycles. The van der Waals surface area contributed by atoms with Gasteiger partial charge in [0.2, 0.25) is 0 Å². The summed E-state index contributed by atoms with van der Waals surface area (Å²) < 4.78 is 34.3. The van der Waals surface area contributed by atoms with Gasteiger partial charge in [0.1, 0.15) is 10.5 Å². The molecule has 0 bridgehead atoms. The van der Waals surface area contributed by atoms with E-state index in [1.807, 2.05) is 0 Å². The first-order valence-corrected chi connectivity index (χ1v) is 7.77. The Kier molecular flexibility index (Phi) is 5.79. The molecule has 0 radical (unpaired) electrons. The fourth-order valence-corrected chi connectivity index (χ4v) is 3.21. The first-order chi connectivity index (χ1) is 9.33. The zero-order valence-electron chi connectivity index (χ0n) is 11.1. The van der Waals surface area contributed by atoms with Crippen molar-refractivity contribution >= 4 is 27.4 Å². The van der Waals surface area contributed by atoms with Gasteiger partial charge < -0.3 is 14.6 Å². The molecule has 112 valence electrons. The predicted molar refractivity (Wildman–Crippen MR) is 73.5 cm³/mol. The van der Waals surface area contributed by atoms with Crippen molar-refractivity contribution in [1.29, 1.82) is 0 Å². The van der Waals surface area contributed by atoms with Crippen LogP contribution in [0, 0.1) is 0 Å². The van der Waals surface area contributed by atoms with E-state index in [2.05, 4.69) is 0 Å². The highest BCUT2D eigenvalue weighted by molar-refractivity contribution is 7.91. The second-order valence-corrected chi connectivity index (χ2v) is 6.32. The number of sulfone groups is 1. The predicted octanol–water partition coefficient (Wildman–Crippen LogP) is 1.86. The molecule has 20 heavy (non-hydrogen) atoms. The van der Waals surface area contributed by atoms with E-state index >= 15 is 0 Å². The van der Waals surface area contributed by atoms with Crippen LogP contribution in [0.4, 0.5) is 0 Å². The largest absolute Gasteiger partial charge is 0.494 e. The van der Waals surface area contributed by atoms with Crippen LogP contribution in [0.5, 0.6) is 5.75 Å². The van der Waals surface area contributed by atoms with E-state index in [4.69, 9.17) is 26.2 Å². The van der Waals surface area contributed by atoms with Crippen molar-refractivity contribution in [1.82, 2.24) is 0 Å². The van der Waals surface area contributed by atoms with Gasteiger partial charge in [0, 0.05) is 11.6 Å². The van der Waals surface area contributed by atoms with Crippen molar-refractivity contribution in [2.45, 2.75) is 11.8 Å². The number of rotatable bonds is 7. The van der Waals surface area contributed by atoms with Gasteiger partial charge in [-0.05, 0) is 19.1 Å². The number of hydrogen-bond donors (Lipinski definition) is 1. The van der Waals surface area contributed by atoms with Gasteiger partial charge in [0.15, 0.2) is 15.6 Å². The van der Waals surface area contributed by atoms with E-state index < -0.39 is 15.8 Å². The maximum atomic E-state index is 12.2. The molecular formula is C12H15ClO6S. The third-order valence-corrected chi connectivity index (χ3v) is 4.39. The van der Waals surface area contributed by atoms with Crippen LogP contribution in [-0.4, -0.2) is 45.6 Å². The summed E-state index contributed by atoms with van der Waals surface area (Å²) in [5, 5.41) is 9.08. The molecule has 0 fully saturated rings. The Bertz CT molecular complexity index is 596. The molecule has 0 unspecified atom stereocenters. The van der Waals surface area contributed by atoms with Gasteiger partial charge in [-0.1, -0.05) is 11.6 Å². The van der Waals surface area contributed by atoms with Crippen molar-refractivity contribution in [3.05, 3.63) is 22.7 Å². The van der Waals surface area contributed by atoms with E-state index in [-0.39, 0.29) is 33.6 Å². The summed E-state index contributed by atoms with van der Waals surface area (Å²) in [7, 11) is -2.55. The third-order valence-electron chi connectivity index (χ3n) is 2.49. The van der Waals surface area contributed by atoms with Gasteiger partial charge in [0.25, 0.3) is 0 Å². The highest BCUT2D eigenvalue weighted by Gasteiger charge is 2.25. The van der Waals surface area contributed by atoms with Gasteiger partial charge in [-0.2, -0.15) is 0 Å². The van der Waals surface area contributed by atoms with Gasteiger partial charge in [0.05, 0.1) is 19.5 Å². The lowest BCUT2D eigenvalue weighted by atomic mass is 10.2. The number of ether oxygens (including phenoxy) is 2. The number of carbonyl (C=O) groups is 1. The third kappa shape index (κ3) is 3.84. The number of halogens is 1. The topological polar surface area (TPSA) is 89.9 Å². The zero-order valence-corrected chi connectivity index (χ0v) is 12.6. The molecule has 0 aliphatic carbocycles. The maximum Gasteiger partial charge on any atom is 0.339 e. The number of hydrogen-bond acceptors (Lipinski definition) is 5. The van der Waals surface area contributed by atoms with Gasteiger partial charge in [-0.25, -0.2) is 13.2 Å². The molecule has 0 amide bonds. The van der Waals surface area contributed by atoms with E-state index in [1.54, 1.807) is 6.92 Å². The molecule has 0 spiro atoms. The SMILES string of the molecule is CCOCCS(=O)(=O)c1cc(Cl)cc(C(=O)O)c1OC. The van der Waals surface area contributed by atoms with Crippen LogP contribution in [0.2, 0.25) is 5.02 Å². The average molecular weight is 323 g/mol. The minimum Gasteiger partial charge on any atom is -0.494 e. The van der Waals surface area contributed by atoms with Crippen LogP contribution in [0.15, 0.2) is 17.0 Å². The number of methoxy groups -OCH3 is 1. The van der Waals surface area contributed by atoms with Crippen LogP contribution in [0.1, 0.15) is 17.3 Å². The second-order valence-electron chi connectivity index (χ2n) is 3.81. The highest BCUT2D eigenvalue weighted by Crippen LogP contribution is 2.32. The lowest BCUT2D eigenvalue weighted by Crippen LogP contribution is -2.15. The molecule has 8 heteroatoms. The summed E-state index contributed by atoms with van der Waals surface area (Å²) in [6, 6.07) is 2.32. The minimum atomic E-state index is -3.75. The van der Waals surface area contributed by atoms with Crippen LogP contribution >= 0.6 is 11.6 Å². The summed E-state index contributed by atoms with van der Waals surface area (Å²) in [6.07, 6.45) is 0. The average Bonchev–Trinajstić information content (AvgIpc) is 2.37. The molecule has 1 N–H and O–H groups in total. The quantitative estimate of drug-likeness (QED) is 0.771. The molecule has 0 aliphatic heterocycles. The number of carboxylic acids is 1. The Morgan fingerprint density at radius 2 is 2.05 bits per heavy atom. The molecular weight excluding hydrogens is 308 g/mol. The first-order valence-electron chi connectivity index (χ1n) is 5.74. The molecule has 1 rings (SSSR count). The molecule has 0 aromatic heterocycles. The fourth-order valence-electron chi connectivity index (χ4n) is 1.59. The number of carboxylic acid groups (broad SMARTS) is 1. The molecule has 0 saturated heterocycles. The second kappa shape index (κ2) is 6.92. The Morgan fingerprint density at radius 1 is 1.40 bits per heavy atom. The van der Waals surface area contributed by atoms with Crippen molar-refractivity contribution in [3.8, 4) is 5.75 Å². The van der Waals surface area contributed by atoms with Gasteiger partial charge >= 0.3 is 5.97 Å². The Hall–Kier alpha value is -1.31. The maximum absolute atomic E-state index is 12.2. The Morgan fingerprint density at radius 3 is 2.55 bits per heavy atom. The summed E-state index contributed by atoms with van der Waals surface area (Å²) >= 11 is 5.78. The monoisotopic (exact) mass is 322 g/mol. The zero-order chi connectivity index (χ0) is 15.3. The lowest BCUT2D eigenvalue weighted by molar-refractivity contribution is 0.0693. The molecule has 0 heterocycles. The molecule has 0 atom stereocenters. The van der Waals surface area contributed by atoms with Crippen LogP contribution in [0.3, 0.4) is 0 Å². The molecule has 1 aromatic rings. The van der Waals surface area contributed by atoms with E-state index in [9.17, 15) is 13.2 Å². The van der Waals surface area contributed by atoms with E-state index in [1.165, 1.54) is 13.2 Å². The summed E-state index contributed by atoms with van der Waals surface area (Å²) in [6.45, 7) is 2.15. The number of aromatic carboxylic acids is 1. The smallest absolute Gasteiger partial charge is 0.339 e. The normalized spacial score (nSPS) is 11.3. The van der Waals surface area contributed by atoms with Crippen molar-refractivity contribution in [2.75, 3.05) is 26.1 Å². The van der Waals surface area contributed by atoms with Crippen molar-refractivity contribution in [3.63, 3.8) is 0 Å². The summed E-state index contributed by atoms with van der Waals surface area (Å²) in [4.78, 5) is 10.9. The highest BCUT2D eigenvalue weighted by atomic mass is 35.5. The first kappa shape index (κ1) is 16.7. The lowest BCUT2D eigenvalue weighted by Gasteiger charge is -2.12. The van der Waals surface area contributed by atoms with Crippen molar-refractivity contribution in [2.24, 2.45) is 0 Å². The van der Waals surface area contributed by atoms with Gasteiger partial charge in [-0.3, -0.25) is 0 Å². The summed E-state index contributed by atoms with van der Waals surface area (Å²) in [5.74, 6) is -1.82. The Labute approximate surface area is 122 Å². The summed E-state index contributed by atoms with van der Waals surface area (Å²) in [5.41, 5.74) is -0.296. The Balaban J connectivity index is 3.33. The minimum absolute atomic E-state index is 0.0108. The molecule has 6 nitrogen and oxygen atoms in total. The molecule has 1 aromatic carbocycles. The van der Waals surface area contributed by atoms with Crippen LogP contribution in [-0.2, 0) is 14.6 Å². The fraction of sp³-hybridized carbons (Fsp3) is 0.417. The van der Waals surface area contributed by atoms with E-state index in [0.29, 0.717) is 6.61 Å². The standard InChI is InChI=1S/C12H15ClO6S/c1-3-19-4-5-20(16,17)10-7-8(13)6-9(12(14)15)11(10)18-2/h6-7H,3-5H2,1-2H3,(H,14,15). The van der Waals surface area contributed by atoms with Crippen molar-refractivity contribution < 1.29 is 27.8 Å². The van der Waals surface area contributed by atoms with E-state index in [0.717, 1.165) is 6.07 Å². The van der Waals surface area contributed by atoms with Gasteiger partial charge in [-0.15, -0.1) is 0 Å². The number of benzene rings is 1. The van der Waals surface area contributed by atoms with Crippen LogP contribution < -0.4 is 4.74 Å². The van der Waals surface area contributed by atoms with Crippen LogP contribution in [0.25, 0.3) is 0 Å². The molecule has 0 aliphatic rings.